The summed E-state index contributed by atoms with van der Waals surface area (Å²) in [6.07, 6.45) is 2.80. The molecule has 144 valence electrons. The largest absolute Gasteiger partial charge is 0.483 e. The van der Waals surface area contributed by atoms with Crippen LogP contribution in [0.25, 0.3) is 0 Å². The number of hydrogen-bond donors (Lipinski definition) is 2. The summed E-state index contributed by atoms with van der Waals surface area (Å²) in [4.78, 5) is 26.5. The number of likely N-dealkylation sites (tertiary alicyclic amines) is 1. The minimum atomic E-state index is -0.242. The van der Waals surface area contributed by atoms with Gasteiger partial charge in [0.15, 0.2) is 6.61 Å². The number of carbonyl (C=O) groups is 2. The quantitative estimate of drug-likeness (QED) is 0.784. The van der Waals surface area contributed by atoms with E-state index in [-0.39, 0.29) is 24.5 Å². The van der Waals surface area contributed by atoms with Gasteiger partial charge in [-0.05, 0) is 38.3 Å². The summed E-state index contributed by atoms with van der Waals surface area (Å²) in [5, 5.41) is 9.78. The van der Waals surface area contributed by atoms with E-state index in [2.05, 4.69) is 15.5 Å². The molecular formula is C20H26N4O3. The molecule has 1 aliphatic rings. The van der Waals surface area contributed by atoms with Crippen LogP contribution in [0.5, 0.6) is 5.75 Å². The predicted molar refractivity (Wildman–Crippen MR) is 102 cm³/mol. The standard InChI is InChI=1S/C20H26N4O3/c1-3-16(21-20(26)17-12-14(2)22-23-17)15-8-4-5-9-18(15)27-13-19(25)24-10-6-7-11-24/h4-5,8-9,12,16H,3,6-7,10-11,13H2,1-2H3,(H,21,26)(H,22,23)/t16-/m1/s1. The van der Waals surface area contributed by atoms with Gasteiger partial charge in [0.05, 0.1) is 6.04 Å². The van der Waals surface area contributed by atoms with E-state index in [0.717, 1.165) is 37.2 Å². The molecule has 0 unspecified atom stereocenters. The van der Waals surface area contributed by atoms with Crippen LogP contribution in [0.1, 0.15) is 54.0 Å². The fraction of sp³-hybridized carbons (Fsp3) is 0.450. The summed E-state index contributed by atoms with van der Waals surface area (Å²) in [6, 6.07) is 9.00. The molecule has 1 aromatic heterocycles. The fourth-order valence-corrected chi connectivity index (χ4v) is 3.26. The van der Waals surface area contributed by atoms with Crippen LogP contribution >= 0.6 is 0 Å². The molecular weight excluding hydrogens is 344 g/mol. The second-order valence-corrected chi connectivity index (χ2v) is 6.78. The minimum Gasteiger partial charge on any atom is -0.483 e. The topological polar surface area (TPSA) is 87.3 Å². The first-order valence-corrected chi connectivity index (χ1v) is 9.41. The molecule has 1 aliphatic heterocycles. The Hall–Kier alpha value is -2.83. The molecule has 1 aromatic carbocycles. The zero-order valence-electron chi connectivity index (χ0n) is 15.8. The van der Waals surface area contributed by atoms with Crippen LogP contribution in [0.4, 0.5) is 0 Å². The first kappa shape index (κ1) is 18.9. The smallest absolute Gasteiger partial charge is 0.272 e. The molecule has 27 heavy (non-hydrogen) atoms. The number of nitrogens with zero attached hydrogens (tertiary/aromatic N) is 2. The Bertz CT molecular complexity index is 796. The van der Waals surface area contributed by atoms with E-state index in [9.17, 15) is 9.59 Å². The van der Waals surface area contributed by atoms with E-state index in [4.69, 9.17) is 4.74 Å². The maximum atomic E-state index is 12.5. The van der Waals surface area contributed by atoms with Crippen LogP contribution in [0.3, 0.4) is 0 Å². The number of aromatic nitrogens is 2. The first-order chi connectivity index (χ1) is 13.1. The second-order valence-electron chi connectivity index (χ2n) is 6.78. The number of para-hydroxylation sites is 1. The Morgan fingerprint density at radius 1 is 1.30 bits per heavy atom. The molecule has 1 saturated heterocycles. The minimum absolute atomic E-state index is 0.00591. The molecule has 0 saturated carbocycles. The maximum Gasteiger partial charge on any atom is 0.272 e. The number of H-pyrrole nitrogens is 1. The molecule has 7 heteroatoms. The van der Waals surface area contributed by atoms with Crippen molar-refractivity contribution in [3.63, 3.8) is 0 Å². The van der Waals surface area contributed by atoms with Crippen molar-refractivity contribution in [3.8, 4) is 5.75 Å². The van der Waals surface area contributed by atoms with Crippen molar-refractivity contribution in [1.82, 2.24) is 20.4 Å². The number of nitrogens with one attached hydrogen (secondary N) is 2. The first-order valence-electron chi connectivity index (χ1n) is 9.41. The normalized spacial score (nSPS) is 14.8. The third kappa shape index (κ3) is 4.67. The van der Waals surface area contributed by atoms with Crippen molar-refractivity contribution in [3.05, 3.63) is 47.3 Å². The van der Waals surface area contributed by atoms with Gasteiger partial charge in [-0.25, -0.2) is 0 Å². The molecule has 0 spiro atoms. The van der Waals surface area contributed by atoms with Crippen LogP contribution in [0.2, 0.25) is 0 Å². The van der Waals surface area contributed by atoms with Crippen molar-refractivity contribution < 1.29 is 14.3 Å². The second kappa shape index (κ2) is 8.70. The van der Waals surface area contributed by atoms with Gasteiger partial charge in [0.1, 0.15) is 11.4 Å². The molecule has 1 fully saturated rings. The number of benzene rings is 1. The summed E-state index contributed by atoms with van der Waals surface area (Å²) >= 11 is 0. The van der Waals surface area contributed by atoms with Gasteiger partial charge in [0.25, 0.3) is 11.8 Å². The van der Waals surface area contributed by atoms with Crippen LogP contribution in [-0.4, -0.2) is 46.6 Å². The summed E-state index contributed by atoms with van der Waals surface area (Å²) in [7, 11) is 0. The van der Waals surface area contributed by atoms with Crippen LogP contribution in [-0.2, 0) is 4.79 Å². The van der Waals surface area contributed by atoms with E-state index >= 15 is 0 Å². The van der Waals surface area contributed by atoms with Gasteiger partial charge in [-0.15, -0.1) is 0 Å². The van der Waals surface area contributed by atoms with Gasteiger partial charge in [-0.2, -0.15) is 5.10 Å². The molecule has 0 bridgehead atoms. The summed E-state index contributed by atoms with van der Waals surface area (Å²) in [6.45, 7) is 5.47. The van der Waals surface area contributed by atoms with Crippen LogP contribution < -0.4 is 10.1 Å². The van der Waals surface area contributed by atoms with E-state index in [1.807, 2.05) is 43.0 Å². The summed E-state index contributed by atoms with van der Waals surface area (Å²) in [5.41, 5.74) is 2.04. The number of amides is 2. The Morgan fingerprint density at radius 3 is 2.70 bits per heavy atom. The van der Waals surface area contributed by atoms with Crippen molar-refractivity contribution in [1.29, 1.82) is 0 Å². The highest BCUT2D eigenvalue weighted by Crippen LogP contribution is 2.27. The zero-order chi connectivity index (χ0) is 19.2. The number of rotatable bonds is 7. The third-order valence-electron chi connectivity index (χ3n) is 4.76. The Kier molecular flexibility index (Phi) is 6.11. The SMILES string of the molecule is CC[C@@H](NC(=O)c1cc(C)[nH]n1)c1ccccc1OCC(=O)N1CCCC1. The van der Waals surface area contributed by atoms with E-state index in [0.29, 0.717) is 17.9 Å². The van der Waals surface area contributed by atoms with Crippen LogP contribution in [0, 0.1) is 6.92 Å². The van der Waals surface area contributed by atoms with Crippen LogP contribution in [0.15, 0.2) is 30.3 Å². The summed E-state index contributed by atoms with van der Waals surface area (Å²) < 4.78 is 5.82. The molecule has 2 aromatic rings. The fourth-order valence-electron chi connectivity index (χ4n) is 3.26. The van der Waals surface area contributed by atoms with E-state index in [1.165, 1.54) is 0 Å². The van der Waals surface area contributed by atoms with E-state index < -0.39 is 0 Å². The van der Waals surface area contributed by atoms with Crippen molar-refractivity contribution >= 4 is 11.8 Å². The maximum absolute atomic E-state index is 12.5. The Balaban J connectivity index is 1.68. The molecule has 7 nitrogen and oxygen atoms in total. The summed E-state index contributed by atoms with van der Waals surface area (Å²) in [5.74, 6) is 0.385. The molecule has 0 aliphatic carbocycles. The van der Waals surface area contributed by atoms with Crippen molar-refractivity contribution in [2.24, 2.45) is 0 Å². The van der Waals surface area contributed by atoms with Gasteiger partial charge < -0.3 is 15.0 Å². The number of ether oxygens (including phenoxy) is 1. The van der Waals surface area contributed by atoms with Gasteiger partial charge in [-0.3, -0.25) is 14.7 Å². The van der Waals surface area contributed by atoms with Gasteiger partial charge in [0, 0.05) is 24.3 Å². The highest BCUT2D eigenvalue weighted by Gasteiger charge is 2.21. The number of aryl methyl sites for hydroxylation is 1. The predicted octanol–water partition coefficient (Wildman–Crippen LogP) is 2.60. The monoisotopic (exact) mass is 370 g/mol. The number of aromatic amines is 1. The molecule has 2 N–H and O–H groups in total. The average Bonchev–Trinajstić information content (AvgIpc) is 3.36. The lowest BCUT2D eigenvalue weighted by atomic mass is 10.0. The van der Waals surface area contributed by atoms with Crippen molar-refractivity contribution in [2.45, 2.75) is 39.2 Å². The lowest BCUT2D eigenvalue weighted by Gasteiger charge is -2.21. The molecule has 2 heterocycles. The third-order valence-corrected chi connectivity index (χ3v) is 4.76. The van der Waals surface area contributed by atoms with Gasteiger partial charge >= 0.3 is 0 Å². The van der Waals surface area contributed by atoms with Gasteiger partial charge in [0.2, 0.25) is 0 Å². The Labute approximate surface area is 159 Å². The number of hydrogen-bond acceptors (Lipinski definition) is 4. The molecule has 2 amide bonds. The Morgan fingerprint density at radius 2 is 2.04 bits per heavy atom. The lowest BCUT2D eigenvalue weighted by molar-refractivity contribution is -0.132. The highest BCUT2D eigenvalue weighted by atomic mass is 16.5. The molecule has 1 atom stereocenters. The average molecular weight is 370 g/mol. The highest BCUT2D eigenvalue weighted by molar-refractivity contribution is 5.92. The lowest BCUT2D eigenvalue weighted by Crippen LogP contribution is -2.32. The molecule has 0 radical (unpaired) electrons. The van der Waals surface area contributed by atoms with E-state index in [1.54, 1.807) is 6.07 Å². The molecule has 3 rings (SSSR count). The number of carbonyl (C=O) groups excluding carboxylic acids is 2. The van der Waals surface area contributed by atoms with Gasteiger partial charge in [-0.1, -0.05) is 25.1 Å². The zero-order valence-corrected chi connectivity index (χ0v) is 15.8. The van der Waals surface area contributed by atoms with Crippen molar-refractivity contribution in [2.75, 3.05) is 19.7 Å².